The quantitative estimate of drug-likeness (QED) is 0.839. The fourth-order valence-electron chi connectivity index (χ4n) is 3.61. The molecule has 3 nitrogen and oxygen atoms in total. The van der Waals surface area contributed by atoms with Crippen LogP contribution < -0.4 is 5.73 Å². The van der Waals surface area contributed by atoms with Gasteiger partial charge in [-0.1, -0.05) is 38.5 Å². The van der Waals surface area contributed by atoms with E-state index in [9.17, 15) is 4.79 Å². The Morgan fingerprint density at radius 1 is 0.944 bits per heavy atom. The largest absolute Gasteiger partial charge is 0.335 e. The number of carbonyl (C=O) groups is 1. The molecule has 0 aromatic heterocycles. The first kappa shape index (κ1) is 13.9. The number of hydrogen-bond donors (Lipinski definition) is 1. The molecule has 2 fully saturated rings. The molecule has 2 rings (SSSR count). The van der Waals surface area contributed by atoms with Gasteiger partial charge in [-0.05, 0) is 32.6 Å². The molecule has 2 N–H and O–H groups in total. The van der Waals surface area contributed by atoms with Gasteiger partial charge in [-0.2, -0.15) is 0 Å². The first-order valence-electron chi connectivity index (χ1n) is 7.78. The van der Waals surface area contributed by atoms with E-state index in [1.165, 1.54) is 64.2 Å². The van der Waals surface area contributed by atoms with Gasteiger partial charge in [0.05, 0.1) is 6.04 Å². The zero-order valence-corrected chi connectivity index (χ0v) is 11.7. The first-order chi connectivity index (χ1) is 8.70. The van der Waals surface area contributed by atoms with Crippen LogP contribution in [0.25, 0.3) is 0 Å². The lowest BCUT2D eigenvalue weighted by atomic mass is 9.88. The minimum Gasteiger partial charge on any atom is -0.335 e. The van der Waals surface area contributed by atoms with Crippen LogP contribution in [0.5, 0.6) is 0 Å². The summed E-state index contributed by atoms with van der Waals surface area (Å²) in [6.45, 7) is 1.83. The smallest absolute Gasteiger partial charge is 0.239 e. The Hall–Kier alpha value is -0.570. The van der Waals surface area contributed by atoms with Gasteiger partial charge in [0.25, 0.3) is 0 Å². The van der Waals surface area contributed by atoms with E-state index >= 15 is 0 Å². The van der Waals surface area contributed by atoms with Crippen molar-refractivity contribution in [2.75, 3.05) is 0 Å². The highest BCUT2D eigenvalue weighted by atomic mass is 16.2. The van der Waals surface area contributed by atoms with Crippen LogP contribution >= 0.6 is 0 Å². The Bertz CT molecular complexity index is 248. The zero-order valence-electron chi connectivity index (χ0n) is 11.7. The van der Waals surface area contributed by atoms with Crippen LogP contribution in [-0.2, 0) is 4.79 Å². The highest BCUT2D eigenvalue weighted by molar-refractivity contribution is 5.81. The van der Waals surface area contributed by atoms with Crippen LogP contribution in [-0.4, -0.2) is 28.9 Å². The van der Waals surface area contributed by atoms with Gasteiger partial charge in [0, 0.05) is 12.1 Å². The number of amides is 1. The molecule has 3 heteroatoms. The van der Waals surface area contributed by atoms with E-state index in [1.807, 2.05) is 6.92 Å². The molecule has 1 amide bonds. The summed E-state index contributed by atoms with van der Waals surface area (Å²) in [5.41, 5.74) is 5.86. The maximum atomic E-state index is 12.4. The van der Waals surface area contributed by atoms with Crippen molar-refractivity contribution >= 4 is 5.91 Å². The minimum atomic E-state index is -0.339. The second-order valence-electron chi connectivity index (χ2n) is 6.12. The molecule has 0 radical (unpaired) electrons. The van der Waals surface area contributed by atoms with E-state index in [4.69, 9.17) is 5.73 Å². The molecule has 2 aliphatic carbocycles. The summed E-state index contributed by atoms with van der Waals surface area (Å²) in [6, 6.07) is 0.606. The molecule has 0 aromatic rings. The average molecular weight is 252 g/mol. The average Bonchev–Trinajstić information content (AvgIpc) is 2.41. The van der Waals surface area contributed by atoms with E-state index < -0.39 is 0 Å². The van der Waals surface area contributed by atoms with Crippen molar-refractivity contribution in [2.45, 2.75) is 89.3 Å². The van der Waals surface area contributed by atoms with Crippen LogP contribution in [0, 0.1) is 0 Å². The lowest BCUT2D eigenvalue weighted by Gasteiger charge is -2.42. The Balaban J connectivity index is 2.07. The molecule has 1 atom stereocenters. The van der Waals surface area contributed by atoms with Gasteiger partial charge < -0.3 is 10.6 Å². The van der Waals surface area contributed by atoms with E-state index in [0.717, 1.165) is 0 Å². The van der Waals surface area contributed by atoms with Crippen LogP contribution in [0.2, 0.25) is 0 Å². The van der Waals surface area contributed by atoms with E-state index in [1.54, 1.807) is 0 Å². The topological polar surface area (TPSA) is 46.3 Å². The van der Waals surface area contributed by atoms with Crippen molar-refractivity contribution in [1.29, 1.82) is 0 Å². The summed E-state index contributed by atoms with van der Waals surface area (Å²) < 4.78 is 0. The van der Waals surface area contributed by atoms with Gasteiger partial charge in [0.1, 0.15) is 0 Å². The zero-order chi connectivity index (χ0) is 13.0. The summed E-state index contributed by atoms with van der Waals surface area (Å²) in [5, 5.41) is 0. The summed E-state index contributed by atoms with van der Waals surface area (Å²) in [4.78, 5) is 14.6. The summed E-state index contributed by atoms with van der Waals surface area (Å²) >= 11 is 0. The molecule has 0 heterocycles. The predicted molar refractivity (Wildman–Crippen MR) is 74.2 cm³/mol. The highest BCUT2D eigenvalue weighted by Gasteiger charge is 2.33. The molecule has 0 bridgehead atoms. The third kappa shape index (κ3) is 3.25. The fraction of sp³-hybridized carbons (Fsp3) is 0.933. The van der Waals surface area contributed by atoms with E-state index in [2.05, 4.69) is 4.90 Å². The van der Waals surface area contributed by atoms with Crippen LogP contribution in [0.3, 0.4) is 0 Å². The Kier molecular flexibility index (Phi) is 5.04. The first-order valence-corrected chi connectivity index (χ1v) is 7.78. The van der Waals surface area contributed by atoms with Crippen molar-refractivity contribution in [3.63, 3.8) is 0 Å². The number of rotatable bonds is 3. The van der Waals surface area contributed by atoms with E-state index in [0.29, 0.717) is 12.1 Å². The molecule has 18 heavy (non-hydrogen) atoms. The number of nitrogens with two attached hydrogens (primary N) is 1. The Labute approximate surface area is 111 Å². The second kappa shape index (κ2) is 6.55. The van der Waals surface area contributed by atoms with Crippen LogP contribution in [0.1, 0.15) is 71.1 Å². The van der Waals surface area contributed by atoms with Gasteiger partial charge in [0.15, 0.2) is 0 Å². The maximum absolute atomic E-state index is 12.4. The predicted octanol–water partition coefficient (Wildman–Crippen LogP) is 2.83. The van der Waals surface area contributed by atoms with Crippen molar-refractivity contribution < 1.29 is 4.79 Å². The summed E-state index contributed by atoms with van der Waals surface area (Å²) in [7, 11) is 0. The highest BCUT2D eigenvalue weighted by Crippen LogP contribution is 2.30. The Morgan fingerprint density at radius 2 is 1.33 bits per heavy atom. The van der Waals surface area contributed by atoms with E-state index in [-0.39, 0.29) is 11.9 Å². The SMILES string of the molecule is C[C@@H](N)C(=O)N(C1CCCCC1)C1CCCCC1. The number of hydrogen-bond acceptors (Lipinski definition) is 2. The molecule has 0 saturated heterocycles. The van der Waals surface area contributed by atoms with Gasteiger partial charge in [-0.15, -0.1) is 0 Å². The number of nitrogens with zero attached hydrogens (tertiary/aromatic N) is 1. The molecular formula is C15H28N2O. The summed E-state index contributed by atoms with van der Waals surface area (Å²) in [6.07, 6.45) is 12.5. The molecule has 0 unspecified atom stereocenters. The van der Waals surface area contributed by atoms with Crippen LogP contribution in [0.4, 0.5) is 0 Å². The lowest BCUT2D eigenvalue weighted by Crippen LogP contribution is -2.53. The second-order valence-corrected chi connectivity index (χ2v) is 6.12. The van der Waals surface area contributed by atoms with Crippen molar-refractivity contribution in [3.8, 4) is 0 Å². The molecule has 2 saturated carbocycles. The van der Waals surface area contributed by atoms with Gasteiger partial charge in [-0.3, -0.25) is 4.79 Å². The van der Waals surface area contributed by atoms with Crippen molar-refractivity contribution in [2.24, 2.45) is 5.73 Å². The van der Waals surface area contributed by atoms with Gasteiger partial charge in [-0.25, -0.2) is 0 Å². The summed E-state index contributed by atoms with van der Waals surface area (Å²) in [5.74, 6) is 0.189. The third-order valence-corrected chi connectivity index (χ3v) is 4.58. The molecular weight excluding hydrogens is 224 g/mol. The van der Waals surface area contributed by atoms with Crippen molar-refractivity contribution in [1.82, 2.24) is 4.90 Å². The maximum Gasteiger partial charge on any atom is 0.239 e. The number of carbonyl (C=O) groups excluding carboxylic acids is 1. The monoisotopic (exact) mass is 252 g/mol. The minimum absolute atomic E-state index is 0.189. The molecule has 104 valence electrons. The lowest BCUT2D eigenvalue weighted by molar-refractivity contribution is -0.139. The standard InChI is InChI=1S/C15H28N2O/c1-12(16)15(18)17(13-8-4-2-5-9-13)14-10-6-3-7-11-14/h12-14H,2-11,16H2,1H3/t12-/m1/s1. The molecule has 0 spiro atoms. The Morgan fingerprint density at radius 3 is 1.67 bits per heavy atom. The molecule has 0 aliphatic heterocycles. The van der Waals surface area contributed by atoms with Crippen LogP contribution in [0.15, 0.2) is 0 Å². The van der Waals surface area contributed by atoms with Gasteiger partial charge >= 0.3 is 0 Å². The van der Waals surface area contributed by atoms with Crippen molar-refractivity contribution in [3.05, 3.63) is 0 Å². The molecule has 2 aliphatic rings. The third-order valence-electron chi connectivity index (χ3n) is 4.58. The molecule has 0 aromatic carbocycles. The van der Waals surface area contributed by atoms with Gasteiger partial charge in [0.2, 0.25) is 5.91 Å². The normalized spacial score (nSPS) is 24.8. The fourth-order valence-corrected chi connectivity index (χ4v) is 3.61.